The molecule has 0 saturated heterocycles. The van der Waals surface area contributed by atoms with Crippen molar-refractivity contribution in [3.8, 4) is 6.07 Å². The highest BCUT2D eigenvalue weighted by atomic mass is 16.3. The first-order valence-corrected chi connectivity index (χ1v) is 5.27. The predicted octanol–water partition coefficient (Wildman–Crippen LogP) is 3.08. The van der Waals surface area contributed by atoms with Crippen LogP contribution in [0.2, 0.25) is 0 Å². The Hall–Kier alpha value is -2.34. The van der Waals surface area contributed by atoms with Crippen LogP contribution in [0.5, 0.6) is 0 Å². The van der Waals surface area contributed by atoms with Crippen molar-refractivity contribution < 1.29 is 9.21 Å². The van der Waals surface area contributed by atoms with Crippen LogP contribution in [-0.2, 0) is 0 Å². The number of hydrogen-bond acceptors (Lipinski definition) is 3. The maximum Gasteiger partial charge on any atom is 0.187 e. The summed E-state index contributed by atoms with van der Waals surface area (Å²) in [7, 11) is 0. The fraction of sp³-hybridized carbons (Fsp3) is 0.143. The van der Waals surface area contributed by atoms with E-state index >= 15 is 0 Å². The van der Waals surface area contributed by atoms with E-state index in [1.807, 2.05) is 24.3 Å². The number of benzene rings is 1. The average molecular weight is 225 g/mol. The molecule has 1 aromatic carbocycles. The first kappa shape index (κ1) is 11.2. The van der Waals surface area contributed by atoms with Gasteiger partial charge >= 0.3 is 0 Å². The number of nitriles is 1. The number of aryl methyl sites for hydroxylation is 1. The summed E-state index contributed by atoms with van der Waals surface area (Å²) in [6, 6.07) is 12.7. The van der Waals surface area contributed by atoms with Crippen molar-refractivity contribution in [3.05, 3.63) is 59.5 Å². The number of rotatable bonds is 3. The van der Waals surface area contributed by atoms with Gasteiger partial charge in [0.05, 0.1) is 17.9 Å². The fourth-order valence-corrected chi connectivity index (χ4v) is 1.73. The van der Waals surface area contributed by atoms with Crippen LogP contribution in [0.4, 0.5) is 0 Å². The van der Waals surface area contributed by atoms with Gasteiger partial charge < -0.3 is 4.42 Å². The number of Topliss-reactive ketones (excluding diaryl/α,β-unsaturated/α-hetero) is 1. The topological polar surface area (TPSA) is 54.0 Å². The van der Waals surface area contributed by atoms with Crippen LogP contribution in [0, 0.1) is 18.3 Å². The molecular weight excluding hydrogens is 214 g/mol. The molecule has 0 aliphatic rings. The van der Waals surface area contributed by atoms with Crippen molar-refractivity contribution in [2.75, 3.05) is 0 Å². The Bertz CT molecular complexity index is 563. The van der Waals surface area contributed by atoms with Gasteiger partial charge in [0.1, 0.15) is 11.7 Å². The molecular formula is C14H11NO2. The summed E-state index contributed by atoms with van der Waals surface area (Å²) < 4.78 is 5.09. The molecule has 0 saturated carbocycles. The molecule has 2 rings (SSSR count). The van der Waals surface area contributed by atoms with Crippen molar-refractivity contribution in [2.24, 2.45) is 0 Å². The summed E-state index contributed by atoms with van der Waals surface area (Å²) in [4.78, 5) is 12.2. The largest absolute Gasteiger partial charge is 0.469 e. The van der Waals surface area contributed by atoms with E-state index in [2.05, 4.69) is 0 Å². The molecule has 1 aromatic heterocycles. The average Bonchev–Trinajstić information content (AvgIpc) is 2.77. The molecule has 1 heterocycles. The lowest BCUT2D eigenvalue weighted by Crippen LogP contribution is -2.11. The minimum absolute atomic E-state index is 0.218. The number of nitrogens with zero attached hydrogens (tertiary/aromatic N) is 1. The molecule has 0 aliphatic carbocycles. The first-order valence-electron chi connectivity index (χ1n) is 5.27. The predicted molar refractivity (Wildman–Crippen MR) is 62.6 cm³/mol. The van der Waals surface area contributed by atoms with Crippen molar-refractivity contribution in [1.29, 1.82) is 5.26 Å². The molecule has 3 nitrogen and oxygen atoms in total. The minimum atomic E-state index is -0.771. The van der Waals surface area contributed by atoms with E-state index in [4.69, 9.17) is 9.68 Å². The molecule has 1 atom stereocenters. The Morgan fingerprint density at radius 1 is 1.29 bits per heavy atom. The van der Waals surface area contributed by atoms with E-state index in [1.54, 1.807) is 25.1 Å². The zero-order valence-electron chi connectivity index (χ0n) is 9.38. The normalized spacial score (nSPS) is 11.8. The zero-order chi connectivity index (χ0) is 12.3. The van der Waals surface area contributed by atoms with E-state index in [9.17, 15) is 4.79 Å². The van der Waals surface area contributed by atoms with E-state index < -0.39 is 5.92 Å². The van der Waals surface area contributed by atoms with Crippen LogP contribution in [0.15, 0.2) is 47.1 Å². The van der Waals surface area contributed by atoms with Gasteiger partial charge in [-0.1, -0.05) is 30.3 Å². The van der Waals surface area contributed by atoms with Gasteiger partial charge in [-0.15, -0.1) is 0 Å². The second kappa shape index (κ2) is 4.67. The molecule has 84 valence electrons. The van der Waals surface area contributed by atoms with Gasteiger partial charge in [0.2, 0.25) is 0 Å². The quantitative estimate of drug-likeness (QED) is 0.754. The van der Waals surface area contributed by atoms with Crippen molar-refractivity contribution in [3.63, 3.8) is 0 Å². The monoisotopic (exact) mass is 225 g/mol. The highest BCUT2D eigenvalue weighted by molar-refractivity contribution is 6.03. The fourth-order valence-electron chi connectivity index (χ4n) is 1.73. The van der Waals surface area contributed by atoms with E-state index in [0.29, 0.717) is 16.9 Å². The second-order valence-corrected chi connectivity index (χ2v) is 3.73. The van der Waals surface area contributed by atoms with Gasteiger partial charge in [-0.3, -0.25) is 4.79 Å². The Balaban J connectivity index is 2.36. The van der Waals surface area contributed by atoms with Crippen molar-refractivity contribution in [2.45, 2.75) is 12.8 Å². The molecule has 0 amide bonds. The van der Waals surface area contributed by atoms with E-state index in [1.165, 1.54) is 6.26 Å². The maximum atomic E-state index is 12.2. The molecule has 17 heavy (non-hydrogen) atoms. The highest BCUT2D eigenvalue weighted by Crippen LogP contribution is 2.22. The number of hydrogen-bond donors (Lipinski definition) is 0. The third-order valence-corrected chi connectivity index (χ3v) is 2.65. The van der Waals surface area contributed by atoms with Gasteiger partial charge in [-0.25, -0.2) is 0 Å². The second-order valence-electron chi connectivity index (χ2n) is 3.73. The zero-order valence-corrected chi connectivity index (χ0v) is 9.38. The van der Waals surface area contributed by atoms with Crippen LogP contribution >= 0.6 is 0 Å². The Morgan fingerprint density at radius 2 is 2.00 bits per heavy atom. The summed E-state index contributed by atoms with van der Waals surface area (Å²) >= 11 is 0. The Morgan fingerprint density at radius 3 is 2.53 bits per heavy atom. The lowest BCUT2D eigenvalue weighted by atomic mass is 9.92. The first-order chi connectivity index (χ1) is 8.24. The molecule has 0 bridgehead atoms. The van der Waals surface area contributed by atoms with Crippen LogP contribution in [0.25, 0.3) is 0 Å². The van der Waals surface area contributed by atoms with Crippen LogP contribution in [0.3, 0.4) is 0 Å². The van der Waals surface area contributed by atoms with Crippen LogP contribution in [0.1, 0.15) is 27.6 Å². The van der Waals surface area contributed by atoms with E-state index in [-0.39, 0.29) is 5.78 Å². The molecule has 0 N–H and O–H groups in total. The summed E-state index contributed by atoms with van der Waals surface area (Å²) in [6.45, 7) is 1.71. The van der Waals surface area contributed by atoms with Gasteiger partial charge in [-0.2, -0.15) is 5.26 Å². The number of carbonyl (C=O) groups excluding carboxylic acids is 1. The third-order valence-electron chi connectivity index (χ3n) is 2.65. The van der Waals surface area contributed by atoms with Gasteiger partial charge in [0, 0.05) is 0 Å². The Labute approximate surface area is 99.3 Å². The lowest BCUT2D eigenvalue weighted by Gasteiger charge is -2.07. The lowest BCUT2D eigenvalue weighted by molar-refractivity contribution is 0.0977. The van der Waals surface area contributed by atoms with Gasteiger partial charge in [0.25, 0.3) is 0 Å². The van der Waals surface area contributed by atoms with Crippen molar-refractivity contribution >= 4 is 5.78 Å². The molecule has 0 spiro atoms. The number of carbonyl (C=O) groups is 1. The molecule has 0 aliphatic heterocycles. The maximum absolute atomic E-state index is 12.2. The molecule has 2 aromatic rings. The Kier molecular flexibility index (Phi) is 3.06. The van der Waals surface area contributed by atoms with Crippen LogP contribution in [-0.4, -0.2) is 5.78 Å². The molecule has 1 unspecified atom stereocenters. The standard InChI is InChI=1S/C14H11NO2/c1-10-12(7-8-17-10)14(16)13(9-15)11-5-3-2-4-6-11/h2-8,13H,1H3. The van der Waals surface area contributed by atoms with Gasteiger partial charge in [0.15, 0.2) is 5.78 Å². The summed E-state index contributed by atoms with van der Waals surface area (Å²) in [5.41, 5.74) is 1.18. The van der Waals surface area contributed by atoms with Crippen molar-refractivity contribution in [1.82, 2.24) is 0 Å². The summed E-state index contributed by atoms with van der Waals surface area (Å²) in [5.74, 6) is -0.441. The number of furan rings is 1. The SMILES string of the molecule is Cc1occc1C(=O)C(C#N)c1ccccc1. The minimum Gasteiger partial charge on any atom is -0.469 e. The number of ketones is 1. The van der Waals surface area contributed by atoms with E-state index in [0.717, 1.165) is 0 Å². The molecule has 0 fully saturated rings. The smallest absolute Gasteiger partial charge is 0.187 e. The van der Waals surface area contributed by atoms with Crippen LogP contribution < -0.4 is 0 Å². The summed E-state index contributed by atoms with van der Waals surface area (Å²) in [5, 5.41) is 9.14. The summed E-state index contributed by atoms with van der Waals surface area (Å²) in [6.07, 6.45) is 1.46. The highest BCUT2D eigenvalue weighted by Gasteiger charge is 2.23. The third kappa shape index (κ3) is 2.11. The van der Waals surface area contributed by atoms with Gasteiger partial charge in [-0.05, 0) is 18.6 Å². The molecule has 3 heteroatoms. The molecule has 0 radical (unpaired) electrons.